The Balaban J connectivity index is 2.13. The van der Waals surface area contributed by atoms with Gasteiger partial charge < -0.3 is 9.64 Å². The number of nitrogens with zero attached hydrogens (tertiary/aromatic N) is 2. The second kappa shape index (κ2) is 6.04. The molecule has 2 rings (SSSR count). The Kier molecular flexibility index (Phi) is 4.65. The normalized spacial score (nSPS) is 18.0. The maximum absolute atomic E-state index is 5.54. The first-order chi connectivity index (χ1) is 8.60. The third-order valence-corrected chi connectivity index (χ3v) is 3.97. The molecule has 18 heavy (non-hydrogen) atoms. The third-order valence-electron chi connectivity index (χ3n) is 3.51. The van der Waals surface area contributed by atoms with Crippen molar-refractivity contribution in [1.82, 2.24) is 9.80 Å². The average Bonchev–Trinajstić information content (AvgIpc) is 2.32. The van der Waals surface area contributed by atoms with Gasteiger partial charge in [0.25, 0.3) is 0 Å². The predicted molar refractivity (Wildman–Crippen MR) is 78.2 cm³/mol. The Morgan fingerprint density at radius 2 is 1.89 bits per heavy atom. The Labute approximate surface area is 118 Å². The largest absolute Gasteiger partial charge is 0.496 e. The van der Waals surface area contributed by atoms with Gasteiger partial charge in [0, 0.05) is 42.8 Å². The number of rotatable bonds is 3. The summed E-state index contributed by atoms with van der Waals surface area (Å²) in [6.07, 6.45) is 0. The van der Waals surface area contributed by atoms with E-state index in [4.69, 9.17) is 4.74 Å². The van der Waals surface area contributed by atoms with Crippen molar-refractivity contribution >= 4 is 15.9 Å². The Morgan fingerprint density at radius 1 is 1.22 bits per heavy atom. The quantitative estimate of drug-likeness (QED) is 0.853. The van der Waals surface area contributed by atoms with Crippen molar-refractivity contribution in [3.8, 4) is 5.75 Å². The molecule has 1 aromatic carbocycles. The first-order valence-corrected chi connectivity index (χ1v) is 7.13. The van der Waals surface area contributed by atoms with Crippen molar-refractivity contribution in [2.75, 3.05) is 40.3 Å². The summed E-state index contributed by atoms with van der Waals surface area (Å²) in [5.41, 5.74) is 2.46. The first kappa shape index (κ1) is 13.8. The van der Waals surface area contributed by atoms with Crippen LogP contribution in [0.25, 0.3) is 0 Å². The molecule has 1 fully saturated rings. The molecule has 0 bridgehead atoms. The van der Waals surface area contributed by atoms with Crippen LogP contribution in [0.5, 0.6) is 5.75 Å². The summed E-state index contributed by atoms with van der Waals surface area (Å²) in [6.45, 7) is 7.62. The Hall–Kier alpha value is -0.580. The van der Waals surface area contributed by atoms with Gasteiger partial charge in [-0.1, -0.05) is 15.9 Å². The van der Waals surface area contributed by atoms with Crippen molar-refractivity contribution in [3.63, 3.8) is 0 Å². The van der Waals surface area contributed by atoms with E-state index in [2.05, 4.69) is 51.8 Å². The highest BCUT2D eigenvalue weighted by Crippen LogP contribution is 2.29. The van der Waals surface area contributed by atoms with Gasteiger partial charge in [-0.15, -0.1) is 0 Å². The van der Waals surface area contributed by atoms with E-state index < -0.39 is 0 Å². The summed E-state index contributed by atoms with van der Waals surface area (Å²) in [6, 6.07) is 4.27. The van der Waals surface area contributed by atoms with Crippen LogP contribution in [0, 0.1) is 6.92 Å². The van der Waals surface area contributed by atoms with Crippen molar-refractivity contribution in [2.24, 2.45) is 0 Å². The lowest BCUT2D eigenvalue weighted by atomic mass is 10.1. The molecule has 1 aliphatic heterocycles. The van der Waals surface area contributed by atoms with E-state index in [1.165, 1.54) is 11.1 Å². The van der Waals surface area contributed by atoms with E-state index in [0.29, 0.717) is 0 Å². The third kappa shape index (κ3) is 3.25. The van der Waals surface area contributed by atoms with Crippen LogP contribution in [0.3, 0.4) is 0 Å². The number of piperazine rings is 1. The van der Waals surface area contributed by atoms with E-state index in [1.54, 1.807) is 7.11 Å². The lowest BCUT2D eigenvalue weighted by Gasteiger charge is -2.32. The lowest BCUT2D eigenvalue weighted by Crippen LogP contribution is -2.43. The van der Waals surface area contributed by atoms with Crippen molar-refractivity contribution < 1.29 is 4.74 Å². The van der Waals surface area contributed by atoms with Crippen LogP contribution in [0.2, 0.25) is 0 Å². The zero-order valence-corrected chi connectivity index (χ0v) is 13.0. The summed E-state index contributed by atoms with van der Waals surface area (Å²) < 4.78 is 6.67. The van der Waals surface area contributed by atoms with Crippen molar-refractivity contribution in [3.05, 3.63) is 27.7 Å². The highest BCUT2D eigenvalue weighted by atomic mass is 79.9. The van der Waals surface area contributed by atoms with Crippen LogP contribution >= 0.6 is 15.9 Å². The molecule has 0 N–H and O–H groups in total. The van der Waals surface area contributed by atoms with E-state index >= 15 is 0 Å². The smallest absolute Gasteiger partial charge is 0.126 e. The van der Waals surface area contributed by atoms with Gasteiger partial charge in [-0.05, 0) is 31.7 Å². The summed E-state index contributed by atoms with van der Waals surface area (Å²) in [5, 5.41) is 0. The number of likely N-dealkylation sites (N-methyl/N-ethyl adjacent to an activating group) is 1. The Morgan fingerprint density at radius 3 is 2.50 bits per heavy atom. The maximum Gasteiger partial charge on any atom is 0.126 e. The molecule has 1 saturated heterocycles. The van der Waals surface area contributed by atoms with E-state index in [0.717, 1.165) is 42.9 Å². The molecule has 3 nitrogen and oxygen atoms in total. The molecule has 0 radical (unpaired) electrons. The van der Waals surface area contributed by atoms with E-state index in [9.17, 15) is 0 Å². The highest BCUT2D eigenvalue weighted by molar-refractivity contribution is 9.10. The molecule has 4 heteroatoms. The van der Waals surface area contributed by atoms with Crippen LogP contribution in [-0.4, -0.2) is 50.1 Å². The topological polar surface area (TPSA) is 15.7 Å². The minimum Gasteiger partial charge on any atom is -0.496 e. The van der Waals surface area contributed by atoms with Gasteiger partial charge in [-0.2, -0.15) is 0 Å². The molecule has 0 aromatic heterocycles. The van der Waals surface area contributed by atoms with Crippen LogP contribution in [-0.2, 0) is 6.54 Å². The van der Waals surface area contributed by atoms with Gasteiger partial charge in [0.2, 0.25) is 0 Å². The van der Waals surface area contributed by atoms with Crippen LogP contribution in [0.1, 0.15) is 11.1 Å². The fraction of sp³-hybridized carbons (Fsp3) is 0.571. The maximum atomic E-state index is 5.54. The number of halogens is 1. The summed E-state index contributed by atoms with van der Waals surface area (Å²) in [5.74, 6) is 1.03. The number of ether oxygens (including phenoxy) is 1. The number of aryl methyl sites for hydroxylation is 1. The molecule has 0 atom stereocenters. The fourth-order valence-electron chi connectivity index (χ4n) is 2.46. The van der Waals surface area contributed by atoms with Crippen molar-refractivity contribution in [1.29, 1.82) is 0 Å². The van der Waals surface area contributed by atoms with Crippen LogP contribution < -0.4 is 4.74 Å². The molecule has 100 valence electrons. The van der Waals surface area contributed by atoms with E-state index in [1.807, 2.05) is 0 Å². The molecular weight excluding hydrogens is 292 g/mol. The van der Waals surface area contributed by atoms with Gasteiger partial charge in [0.1, 0.15) is 5.75 Å². The molecule has 0 unspecified atom stereocenters. The average molecular weight is 313 g/mol. The molecular formula is C14H21BrN2O. The summed E-state index contributed by atoms with van der Waals surface area (Å²) in [4.78, 5) is 4.86. The molecule has 0 aliphatic carbocycles. The first-order valence-electron chi connectivity index (χ1n) is 6.34. The van der Waals surface area contributed by atoms with Gasteiger partial charge in [-0.25, -0.2) is 0 Å². The minimum atomic E-state index is 0.970. The molecule has 1 aliphatic rings. The lowest BCUT2D eigenvalue weighted by molar-refractivity contribution is 0.147. The molecule has 0 spiro atoms. The second-order valence-electron chi connectivity index (χ2n) is 4.99. The van der Waals surface area contributed by atoms with Crippen LogP contribution in [0.4, 0.5) is 0 Å². The van der Waals surface area contributed by atoms with Crippen LogP contribution in [0.15, 0.2) is 16.6 Å². The minimum absolute atomic E-state index is 0.970. The van der Waals surface area contributed by atoms with Gasteiger partial charge in [-0.3, -0.25) is 4.90 Å². The van der Waals surface area contributed by atoms with E-state index in [-0.39, 0.29) is 0 Å². The van der Waals surface area contributed by atoms with Crippen molar-refractivity contribution in [2.45, 2.75) is 13.5 Å². The number of benzene rings is 1. The monoisotopic (exact) mass is 312 g/mol. The summed E-state index contributed by atoms with van der Waals surface area (Å²) in [7, 11) is 3.94. The SMILES string of the molecule is COc1c(C)cc(Br)cc1CN1CCN(C)CC1. The zero-order chi connectivity index (χ0) is 13.1. The van der Waals surface area contributed by atoms with Gasteiger partial charge in [0.15, 0.2) is 0 Å². The predicted octanol–water partition coefficient (Wildman–Crippen LogP) is 2.51. The molecule has 1 aromatic rings. The number of hydrogen-bond acceptors (Lipinski definition) is 3. The van der Waals surface area contributed by atoms with Gasteiger partial charge >= 0.3 is 0 Å². The number of hydrogen-bond donors (Lipinski definition) is 0. The molecule has 1 heterocycles. The fourth-order valence-corrected chi connectivity index (χ4v) is 3.08. The highest BCUT2D eigenvalue weighted by Gasteiger charge is 2.16. The number of methoxy groups -OCH3 is 1. The Bertz CT molecular complexity index is 415. The summed E-state index contributed by atoms with van der Waals surface area (Å²) >= 11 is 3.57. The molecule has 0 amide bonds. The standard InChI is InChI=1S/C14H21BrN2O/c1-11-8-13(15)9-12(14(11)18-3)10-17-6-4-16(2)5-7-17/h8-9H,4-7,10H2,1-3H3. The van der Waals surface area contributed by atoms with Gasteiger partial charge in [0.05, 0.1) is 7.11 Å². The zero-order valence-electron chi connectivity index (χ0n) is 11.4. The molecule has 0 saturated carbocycles. The second-order valence-corrected chi connectivity index (χ2v) is 5.91.